The number of hydrogen-bond acceptors (Lipinski definition) is 2. The minimum absolute atomic E-state index is 0.0631. The van der Waals surface area contributed by atoms with Gasteiger partial charge < -0.3 is 16.0 Å². The number of urea groups is 1. The standard InChI is InChI=1S/C12H19N3O/c1-9(2)14-12(16)15(3)8-10-4-6-11(13)7-5-10/h4-7,9H,8,13H2,1-3H3,(H,14,16). The first kappa shape index (κ1) is 12.4. The van der Waals surface area contributed by atoms with Crippen LogP contribution in [0, 0.1) is 0 Å². The first-order valence-electron chi connectivity index (χ1n) is 5.35. The first-order valence-corrected chi connectivity index (χ1v) is 5.35. The molecule has 0 aliphatic rings. The molecule has 4 heteroatoms. The maximum Gasteiger partial charge on any atom is 0.317 e. The molecule has 0 aliphatic carbocycles. The van der Waals surface area contributed by atoms with Gasteiger partial charge in [-0.2, -0.15) is 0 Å². The van der Waals surface area contributed by atoms with Gasteiger partial charge in [0.15, 0.2) is 0 Å². The lowest BCUT2D eigenvalue weighted by Gasteiger charge is -2.19. The lowest BCUT2D eigenvalue weighted by atomic mass is 10.2. The molecule has 0 atom stereocenters. The van der Waals surface area contributed by atoms with Crippen LogP contribution in [0.5, 0.6) is 0 Å². The quantitative estimate of drug-likeness (QED) is 0.765. The van der Waals surface area contributed by atoms with Gasteiger partial charge in [0.25, 0.3) is 0 Å². The molecule has 0 aliphatic heterocycles. The summed E-state index contributed by atoms with van der Waals surface area (Å²) in [5.74, 6) is 0. The molecule has 0 bridgehead atoms. The van der Waals surface area contributed by atoms with Crippen molar-refractivity contribution < 1.29 is 4.79 Å². The Bertz CT molecular complexity index is 346. The van der Waals surface area contributed by atoms with Gasteiger partial charge in [0.2, 0.25) is 0 Å². The number of nitrogen functional groups attached to an aromatic ring is 1. The predicted octanol–water partition coefficient (Wildman–Crippen LogP) is 1.82. The molecule has 0 saturated carbocycles. The Kier molecular flexibility index (Phi) is 4.17. The molecule has 0 saturated heterocycles. The Labute approximate surface area is 96.4 Å². The van der Waals surface area contributed by atoms with Crippen LogP contribution >= 0.6 is 0 Å². The van der Waals surface area contributed by atoms with Gasteiger partial charge in [-0.3, -0.25) is 0 Å². The Morgan fingerprint density at radius 1 is 1.38 bits per heavy atom. The summed E-state index contributed by atoms with van der Waals surface area (Å²) >= 11 is 0. The number of nitrogens with one attached hydrogen (secondary N) is 1. The van der Waals surface area contributed by atoms with Gasteiger partial charge in [-0.25, -0.2) is 4.79 Å². The van der Waals surface area contributed by atoms with Gasteiger partial charge >= 0.3 is 6.03 Å². The molecule has 16 heavy (non-hydrogen) atoms. The number of carbonyl (C=O) groups excluding carboxylic acids is 1. The van der Waals surface area contributed by atoms with Crippen molar-refractivity contribution in [1.82, 2.24) is 10.2 Å². The second-order valence-electron chi connectivity index (χ2n) is 4.20. The summed E-state index contributed by atoms with van der Waals surface area (Å²) in [4.78, 5) is 13.3. The molecule has 0 fully saturated rings. The van der Waals surface area contributed by atoms with Crippen molar-refractivity contribution in [2.24, 2.45) is 0 Å². The van der Waals surface area contributed by atoms with Crippen molar-refractivity contribution in [3.05, 3.63) is 29.8 Å². The molecule has 0 heterocycles. The molecule has 0 spiro atoms. The highest BCUT2D eigenvalue weighted by Gasteiger charge is 2.09. The van der Waals surface area contributed by atoms with Crippen molar-refractivity contribution >= 4 is 11.7 Å². The van der Waals surface area contributed by atoms with E-state index in [0.717, 1.165) is 11.3 Å². The molecule has 88 valence electrons. The monoisotopic (exact) mass is 221 g/mol. The van der Waals surface area contributed by atoms with Crippen molar-refractivity contribution in [2.75, 3.05) is 12.8 Å². The van der Waals surface area contributed by atoms with Crippen molar-refractivity contribution in [3.63, 3.8) is 0 Å². The lowest BCUT2D eigenvalue weighted by molar-refractivity contribution is 0.204. The van der Waals surface area contributed by atoms with Crippen LogP contribution in [0.15, 0.2) is 24.3 Å². The number of benzene rings is 1. The summed E-state index contributed by atoms with van der Waals surface area (Å²) in [6.07, 6.45) is 0. The third-order valence-corrected chi connectivity index (χ3v) is 2.16. The Hall–Kier alpha value is -1.71. The number of amides is 2. The minimum Gasteiger partial charge on any atom is -0.399 e. The molecule has 0 unspecified atom stereocenters. The highest BCUT2D eigenvalue weighted by atomic mass is 16.2. The van der Waals surface area contributed by atoms with Crippen LogP contribution in [-0.2, 0) is 6.54 Å². The Morgan fingerprint density at radius 3 is 2.44 bits per heavy atom. The van der Waals surface area contributed by atoms with Crippen LogP contribution in [0.2, 0.25) is 0 Å². The number of rotatable bonds is 3. The molecule has 0 radical (unpaired) electrons. The van der Waals surface area contributed by atoms with Gasteiger partial charge in [0.1, 0.15) is 0 Å². The molecule has 4 nitrogen and oxygen atoms in total. The smallest absolute Gasteiger partial charge is 0.317 e. The van der Waals surface area contributed by atoms with Crippen LogP contribution in [-0.4, -0.2) is 24.0 Å². The number of nitrogens with two attached hydrogens (primary N) is 1. The fourth-order valence-corrected chi connectivity index (χ4v) is 1.33. The van der Waals surface area contributed by atoms with Crippen molar-refractivity contribution in [1.29, 1.82) is 0 Å². The van der Waals surface area contributed by atoms with Gasteiger partial charge in [-0.05, 0) is 31.5 Å². The molecule has 0 aromatic heterocycles. The number of nitrogens with zero attached hydrogens (tertiary/aromatic N) is 1. The summed E-state index contributed by atoms with van der Waals surface area (Å²) in [5, 5.41) is 2.84. The number of hydrogen-bond donors (Lipinski definition) is 2. The number of anilines is 1. The summed E-state index contributed by atoms with van der Waals surface area (Å²) in [6.45, 7) is 4.46. The average Bonchev–Trinajstić information content (AvgIpc) is 2.20. The first-order chi connectivity index (χ1) is 7.49. The highest BCUT2D eigenvalue weighted by Crippen LogP contribution is 2.07. The van der Waals surface area contributed by atoms with Crippen molar-refractivity contribution in [2.45, 2.75) is 26.4 Å². The summed E-state index contributed by atoms with van der Waals surface area (Å²) < 4.78 is 0. The van der Waals surface area contributed by atoms with E-state index < -0.39 is 0 Å². The molecule has 1 aromatic carbocycles. The fraction of sp³-hybridized carbons (Fsp3) is 0.417. The second-order valence-corrected chi connectivity index (χ2v) is 4.20. The topological polar surface area (TPSA) is 58.4 Å². The largest absolute Gasteiger partial charge is 0.399 e. The van der Waals surface area contributed by atoms with E-state index in [1.807, 2.05) is 38.1 Å². The van der Waals surface area contributed by atoms with Gasteiger partial charge in [0, 0.05) is 25.3 Å². The lowest BCUT2D eigenvalue weighted by Crippen LogP contribution is -2.40. The van der Waals surface area contributed by atoms with Crippen LogP contribution in [0.3, 0.4) is 0 Å². The summed E-state index contributed by atoms with van der Waals surface area (Å²) in [7, 11) is 1.77. The van der Waals surface area contributed by atoms with Crippen LogP contribution < -0.4 is 11.1 Å². The number of carbonyl (C=O) groups is 1. The van der Waals surface area contributed by atoms with E-state index >= 15 is 0 Å². The predicted molar refractivity (Wildman–Crippen MR) is 66.0 cm³/mol. The van der Waals surface area contributed by atoms with E-state index in [9.17, 15) is 4.79 Å². The van der Waals surface area contributed by atoms with E-state index in [2.05, 4.69) is 5.32 Å². The van der Waals surface area contributed by atoms with Crippen LogP contribution in [0.1, 0.15) is 19.4 Å². The minimum atomic E-state index is -0.0631. The van der Waals surface area contributed by atoms with Crippen LogP contribution in [0.4, 0.5) is 10.5 Å². The molecule has 2 amide bonds. The zero-order valence-corrected chi connectivity index (χ0v) is 10.0. The van der Waals surface area contributed by atoms with E-state index in [4.69, 9.17) is 5.73 Å². The third-order valence-electron chi connectivity index (χ3n) is 2.16. The maximum atomic E-state index is 11.6. The van der Waals surface area contributed by atoms with Crippen LogP contribution in [0.25, 0.3) is 0 Å². The average molecular weight is 221 g/mol. The van der Waals surface area contributed by atoms with E-state index in [-0.39, 0.29) is 12.1 Å². The van der Waals surface area contributed by atoms with E-state index in [0.29, 0.717) is 6.54 Å². The SMILES string of the molecule is CC(C)NC(=O)N(C)Cc1ccc(N)cc1. The molecular weight excluding hydrogens is 202 g/mol. The normalized spacial score (nSPS) is 10.2. The molecule has 3 N–H and O–H groups in total. The van der Waals surface area contributed by atoms with Gasteiger partial charge in [-0.1, -0.05) is 12.1 Å². The molecule has 1 rings (SSSR count). The molecular formula is C12H19N3O. The molecule has 1 aromatic rings. The summed E-state index contributed by atoms with van der Waals surface area (Å²) in [6, 6.07) is 7.61. The Morgan fingerprint density at radius 2 is 1.94 bits per heavy atom. The summed E-state index contributed by atoms with van der Waals surface area (Å²) in [5.41, 5.74) is 7.39. The van der Waals surface area contributed by atoms with Crippen molar-refractivity contribution in [3.8, 4) is 0 Å². The second kappa shape index (κ2) is 5.39. The maximum absolute atomic E-state index is 11.6. The fourth-order valence-electron chi connectivity index (χ4n) is 1.33. The van der Waals surface area contributed by atoms with Gasteiger partial charge in [-0.15, -0.1) is 0 Å². The zero-order valence-electron chi connectivity index (χ0n) is 10.0. The third kappa shape index (κ3) is 3.81. The van der Waals surface area contributed by atoms with E-state index in [1.165, 1.54) is 0 Å². The van der Waals surface area contributed by atoms with Gasteiger partial charge in [0.05, 0.1) is 0 Å². The zero-order chi connectivity index (χ0) is 12.1. The van der Waals surface area contributed by atoms with E-state index in [1.54, 1.807) is 11.9 Å². The highest BCUT2D eigenvalue weighted by molar-refractivity contribution is 5.74. The Balaban J connectivity index is 2.53.